The van der Waals surface area contributed by atoms with Crippen LogP contribution in [0.2, 0.25) is 5.02 Å². The van der Waals surface area contributed by atoms with Crippen LogP contribution in [0, 0.1) is 13.8 Å². The first kappa shape index (κ1) is 16.0. The SMILES string of the molecule is Cc1cc(C)n2nc(SCc3cc(=O)n4cc(Cl)ccc4n3)nc2n1. The van der Waals surface area contributed by atoms with E-state index in [-0.39, 0.29) is 5.56 Å². The van der Waals surface area contributed by atoms with Crippen LogP contribution in [0.25, 0.3) is 11.4 Å². The van der Waals surface area contributed by atoms with Crippen LogP contribution in [-0.4, -0.2) is 29.0 Å². The Kier molecular flexibility index (Phi) is 3.93. The van der Waals surface area contributed by atoms with Gasteiger partial charge in [-0.3, -0.25) is 9.20 Å². The third-order valence-corrected chi connectivity index (χ3v) is 4.72. The van der Waals surface area contributed by atoms with Crippen LogP contribution >= 0.6 is 23.4 Å². The molecule has 4 aromatic rings. The summed E-state index contributed by atoms with van der Waals surface area (Å²) < 4.78 is 3.13. The van der Waals surface area contributed by atoms with Crippen molar-refractivity contribution in [2.45, 2.75) is 24.8 Å². The maximum atomic E-state index is 12.2. The highest BCUT2D eigenvalue weighted by Crippen LogP contribution is 2.19. The molecule has 9 heteroatoms. The second-order valence-corrected chi connectivity index (χ2v) is 6.97. The number of thioether (sulfide) groups is 1. The van der Waals surface area contributed by atoms with Crippen LogP contribution in [0.1, 0.15) is 17.1 Å². The number of fused-ring (bicyclic) bond motifs is 2. The maximum absolute atomic E-state index is 12.2. The van der Waals surface area contributed by atoms with Crippen LogP contribution < -0.4 is 5.56 Å². The lowest BCUT2D eigenvalue weighted by Crippen LogP contribution is -2.15. The zero-order chi connectivity index (χ0) is 17.6. The number of halogens is 1. The van der Waals surface area contributed by atoms with E-state index in [0.29, 0.717) is 33.1 Å². The van der Waals surface area contributed by atoms with Crippen molar-refractivity contribution >= 4 is 34.8 Å². The quantitative estimate of drug-likeness (QED) is 0.514. The van der Waals surface area contributed by atoms with Crippen molar-refractivity contribution in [1.82, 2.24) is 29.0 Å². The smallest absolute Gasteiger partial charge is 0.258 e. The van der Waals surface area contributed by atoms with Gasteiger partial charge in [0.2, 0.25) is 5.16 Å². The molecule has 0 N–H and O–H groups in total. The van der Waals surface area contributed by atoms with Gasteiger partial charge in [-0.2, -0.15) is 4.98 Å². The molecule has 126 valence electrons. The van der Waals surface area contributed by atoms with Gasteiger partial charge in [-0.1, -0.05) is 23.4 Å². The van der Waals surface area contributed by atoms with E-state index in [9.17, 15) is 4.79 Å². The van der Waals surface area contributed by atoms with Gasteiger partial charge in [0, 0.05) is 29.4 Å². The second-order valence-electron chi connectivity index (χ2n) is 5.59. The molecule has 4 aromatic heterocycles. The Labute approximate surface area is 151 Å². The fourth-order valence-corrected chi connectivity index (χ4v) is 3.42. The van der Waals surface area contributed by atoms with Crippen LogP contribution in [0.4, 0.5) is 0 Å². The standard InChI is InChI=1S/C16H13ClN6OS/c1-9-5-10(2)23-15(18-9)20-16(21-23)25-8-12-6-14(24)22-7-11(17)3-4-13(22)19-12/h3-7H,8H2,1-2H3. The number of rotatable bonds is 3. The zero-order valence-corrected chi connectivity index (χ0v) is 15.0. The summed E-state index contributed by atoms with van der Waals surface area (Å²) in [6, 6.07) is 6.88. The molecular formula is C16H13ClN6OS. The van der Waals surface area contributed by atoms with E-state index in [1.807, 2.05) is 19.9 Å². The molecule has 0 saturated carbocycles. The molecule has 0 amide bonds. The van der Waals surface area contributed by atoms with Gasteiger partial charge in [-0.25, -0.2) is 14.5 Å². The largest absolute Gasteiger partial charge is 0.269 e. The molecule has 0 spiro atoms. The summed E-state index contributed by atoms with van der Waals surface area (Å²) in [6.45, 7) is 3.88. The normalized spacial score (nSPS) is 11.5. The number of pyridine rings is 1. The average molecular weight is 373 g/mol. The Morgan fingerprint density at radius 3 is 2.84 bits per heavy atom. The predicted octanol–water partition coefficient (Wildman–Crippen LogP) is 2.69. The maximum Gasteiger partial charge on any atom is 0.258 e. The highest BCUT2D eigenvalue weighted by atomic mass is 35.5. The average Bonchev–Trinajstić information content (AvgIpc) is 2.97. The highest BCUT2D eigenvalue weighted by Gasteiger charge is 2.10. The summed E-state index contributed by atoms with van der Waals surface area (Å²) in [6.07, 6.45) is 1.56. The van der Waals surface area contributed by atoms with Gasteiger partial charge < -0.3 is 0 Å². The molecule has 0 aliphatic heterocycles. The van der Waals surface area contributed by atoms with E-state index in [4.69, 9.17) is 11.6 Å². The summed E-state index contributed by atoms with van der Waals surface area (Å²) in [4.78, 5) is 25.5. The van der Waals surface area contributed by atoms with Gasteiger partial charge in [-0.15, -0.1) is 5.10 Å². The van der Waals surface area contributed by atoms with E-state index in [1.54, 1.807) is 22.8 Å². The summed E-state index contributed by atoms with van der Waals surface area (Å²) in [5, 5.41) is 5.53. The minimum atomic E-state index is -0.167. The Bertz CT molecular complexity index is 1170. The Hall–Kier alpha value is -2.45. The van der Waals surface area contributed by atoms with E-state index in [1.165, 1.54) is 22.2 Å². The van der Waals surface area contributed by atoms with E-state index in [0.717, 1.165) is 11.4 Å². The molecule has 0 aliphatic rings. The molecule has 4 rings (SSSR count). The first-order valence-electron chi connectivity index (χ1n) is 7.51. The molecule has 0 atom stereocenters. The van der Waals surface area contributed by atoms with Crippen molar-refractivity contribution in [3.8, 4) is 0 Å². The highest BCUT2D eigenvalue weighted by molar-refractivity contribution is 7.98. The van der Waals surface area contributed by atoms with Gasteiger partial charge in [0.05, 0.1) is 10.7 Å². The van der Waals surface area contributed by atoms with Crippen molar-refractivity contribution in [2.75, 3.05) is 0 Å². The molecule has 0 radical (unpaired) electrons. The Morgan fingerprint density at radius 1 is 1.16 bits per heavy atom. The number of hydrogen-bond acceptors (Lipinski definition) is 6. The first-order valence-corrected chi connectivity index (χ1v) is 8.87. The summed E-state index contributed by atoms with van der Waals surface area (Å²) in [5.74, 6) is 1.06. The van der Waals surface area contributed by atoms with Gasteiger partial charge in [0.25, 0.3) is 11.3 Å². The van der Waals surface area contributed by atoms with Crippen molar-refractivity contribution in [1.29, 1.82) is 0 Å². The Morgan fingerprint density at radius 2 is 2.00 bits per heavy atom. The van der Waals surface area contributed by atoms with E-state index < -0.39 is 0 Å². The minimum Gasteiger partial charge on any atom is -0.269 e. The summed E-state index contributed by atoms with van der Waals surface area (Å²) in [7, 11) is 0. The number of aryl methyl sites for hydroxylation is 2. The molecule has 0 unspecified atom stereocenters. The molecule has 0 aliphatic carbocycles. The number of aromatic nitrogens is 6. The van der Waals surface area contributed by atoms with Crippen LogP contribution in [0.15, 0.2) is 40.4 Å². The summed E-state index contributed by atoms with van der Waals surface area (Å²) in [5.41, 5.74) is 2.93. The number of hydrogen-bond donors (Lipinski definition) is 0. The third-order valence-electron chi connectivity index (χ3n) is 3.62. The van der Waals surface area contributed by atoms with Crippen LogP contribution in [0.3, 0.4) is 0 Å². The fraction of sp³-hybridized carbons (Fsp3) is 0.188. The molecule has 4 heterocycles. The van der Waals surface area contributed by atoms with Gasteiger partial charge >= 0.3 is 0 Å². The van der Waals surface area contributed by atoms with Crippen molar-refractivity contribution < 1.29 is 0 Å². The lowest BCUT2D eigenvalue weighted by Gasteiger charge is -2.03. The Balaban J connectivity index is 1.63. The third kappa shape index (κ3) is 3.10. The van der Waals surface area contributed by atoms with Gasteiger partial charge in [0.1, 0.15) is 5.65 Å². The van der Waals surface area contributed by atoms with E-state index >= 15 is 0 Å². The fourth-order valence-electron chi connectivity index (χ4n) is 2.55. The van der Waals surface area contributed by atoms with E-state index in [2.05, 4.69) is 20.1 Å². The molecule has 0 saturated heterocycles. The van der Waals surface area contributed by atoms with Crippen molar-refractivity contribution in [2.24, 2.45) is 0 Å². The van der Waals surface area contributed by atoms with Gasteiger partial charge in [0.15, 0.2) is 0 Å². The van der Waals surface area contributed by atoms with Gasteiger partial charge in [-0.05, 0) is 32.0 Å². The molecule has 7 nitrogen and oxygen atoms in total. The van der Waals surface area contributed by atoms with Crippen LogP contribution in [-0.2, 0) is 5.75 Å². The minimum absolute atomic E-state index is 0.167. The second kappa shape index (κ2) is 6.12. The first-order chi connectivity index (χ1) is 12.0. The zero-order valence-electron chi connectivity index (χ0n) is 13.5. The lowest BCUT2D eigenvalue weighted by molar-refractivity contribution is 0.843. The lowest BCUT2D eigenvalue weighted by atomic mass is 10.4. The molecule has 0 fully saturated rings. The van der Waals surface area contributed by atoms with Crippen molar-refractivity contribution in [3.05, 3.63) is 62.9 Å². The molecule has 0 bridgehead atoms. The van der Waals surface area contributed by atoms with Crippen molar-refractivity contribution in [3.63, 3.8) is 0 Å². The predicted molar refractivity (Wildman–Crippen MR) is 96.3 cm³/mol. The number of nitrogens with zero attached hydrogens (tertiary/aromatic N) is 6. The monoisotopic (exact) mass is 372 g/mol. The molecule has 0 aromatic carbocycles. The van der Waals surface area contributed by atoms with Crippen LogP contribution in [0.5, 0.6) is 0 Å². The molecule has 25 heavy (non-hydrogen) atoms. The summed E-state index contributed by atoms with van der Waals surface area (Å²) >= 11 is 7.33. The topological polar surface area (TPSA) is 77.5 Å². The molecular weight excluding hydrogens is 360 g/mol.